The van der Waals surface area contributed by atoms with Gasteiger partial charge in [0.25, 0.3) is 5.91 Å². The number of nitriles is 1. The lowest BCUT2D eigenvalue weighted by atomic mass is 9.69. The zero-order valence-electron chi connectivity index (χ0n) is 19.9. The van der Waals surface area contributed by atoms with Crippen molar-refractivity contribution < 1.29 is 14.1 Å². The highest BCUT2D eigenvalue weighted by atomic mass is 16.2. The average Bonchev–Trinajstić information content (AvgIpc) is 3.27. The summed E-state index contributed by atoms with van der Waals surface area (Å²) in [6.07, 6.45) is 9.94. The Balaban J connectivity index is 1.70. The summed E-state index contributed by atoms with van der Waals surface area (Å²) in [6, 6.07) is 12.5. The van der Waals surface area contributed by atoms with Gasteiger partial charge in [-0.25, -0.2) is 9.28 Å². The molecule has 0 radical (unpaired) electrons. The van der Waals surface area contributed by atoms with E-state index in [-0.39, 0.29) is 29.8 Å². The molecule has 174 valence electrons. The maximum atomic E-state index is 13.7. The van der Waals surface area contributed by atoms with E-state index in [1.165, 1.54) is 6.42 Å². The number of likely N-dealkylation sites (tertiary alicyclic amines) is 1. The minimum Gasteiger partial charge on any atom is -0.364 e. The minimum atomic E-state index is -0.538. The van der Waals surface area contributed by atoms with Crippen molar-refractivity contribution in [2.24, 2.45) is 11.7 Å². The number of nitrogens with zero attached hydrogens (tertiary/aromatic N) is 2. The van der Waals surface area contributed by atoms with Crippen LogP contribution in [0.2, 0.25) is 0 Å². The van der Waals surface area contributed by atoms with Crippen LogP contribution in [0.3, 0.4) is 0 Å². The van der Waals surface area contributed by atoms with Crippen LogP contribution in [0.1, 0.15) is 90.0 Å². The fourth-order valence-corrected chi connectivity index (χ4v) is 6.42. The molecule has 1 aromatic rings. The fraction of sp³-hybridized carbons (Fsp3) is 0.667. The molecule has 2 amide bonds. The van der Waals surface area contributed by atoms with Crippen molar-refractivity contribution in [2.45, 2.75) is 102 Å². The highest BCUT2D eigenvalue weighted by molar-refractivity contribution is 5.82. The topological polar surface area (TPSA) is 83.9 Å². The van der Waals surface area contributed by atoms with Gasteiger partial charge in [0.05, 0.1) is 30.5 Å². The molecule has 0 aromatic heterocycles. The molecule has 3 atom stereocenters. The van der Waals surface area contributed by atoms with E-state index in [4.69, 9.17) is 5.73 Å². The van der Waals surface area contributed by atoms with Crippen LogP contribution in [0, 0.1) is 17.2 Å². The second kappa shape index (κ2) is 10.6. The Morgan fingerprint density at radius 2 is 1.78 bits per heavy atom. The Morgan fingerprint density at radius 3 is 2.38 bits per heavy atom. The molecule has 1 aliphatic heterocycles. The number of carbonyl (C=O) groups is 2. The smallest absolute Gasteiger partial charge is 0.314 e. The Kier molecular flexibility index (Phi) is 8.11. The SMILES string of the molecule is CC(C)[C@@](C#N)(CCCCC(=O)[N@@+]1(C2CCCCC2)CCCC1C(N)=O)c1ccccc1. The first-order valence-corrected chi connectivity index (χ1v) is 12.6. The lowest BCUT2D eigenvalue weighted by molar-refractivity contribution is -0.884. The van der Waals surface area contributed by atoms with Crippen LogP contribution < -0.4 is 5.73 Å². The first-order valence-electron chi connectivity index (χ1n) is 12.6. The molecule has 0 spiro atoms. The Labute approximate surface area is 193 Å². The summed E-state index contributed by atoms with van der Waals surface area (Å²) in [6.45, 7) is 4.97. The third kappa shape index (κ3) is 4.62. The standard InChI is InChI=1S/C27H39N3O2/c1-21(2)27(20-28,22-12-5-3-6-13-22)18-10-9-17-25(31)30(23-14-7-4-8-15-23)19-11-16-24(30)26(29)32/h3,5-6,12-13,21,23-24H,4,7-11,14-19H2,1-2H3,(H-,29,32)/p+1/t24?,27-,30+/m0/s1. The maximum Gasteiger partial charge on any atom is 0.314 e. The van der Waals surface area contributed by atoms with E-state index in [0.717, 1.165) is 69.9 Å². The summed E-state index contributed by atoms with van der Waals surface area (Å²) < 4.78 is 0.307. The molecule has 1 saturated carbocycles. The molecular weight excluding hydrogens is 398 g/mol. The van der Waals surface area contributed by atoms with E-state index in [1.54, 1.807) is 0 Å². The number of amides is 2. The van der Waals surface area contributed by atoms with Crippen molar-refractivity contribution in [2.75, 3.05) is 6.54 Å². The summed E-state index contributed by atoms with van der Waals surface area (Å²) in [5.41, 5.74) is 6.32. The largest absolute Gasteiger partial charge is 0.364 e. The first kappa shape index (κ1) is 24.5. The van der Waals surface area contributed by atoms with E-state index >= 15 is 0 Å². The zero-order chi connectivity index (χ0) is 23.2. The summed E-state index contributed by atoms with van der Waals surface area (Å²) in [7, 11) is 0. The second-order valence-corrected chi connectivity index (χ2v) is 10.2. The van der Waals surface area contributed by atoms with E-state index in [9.17, 15) is 14.9 Å². The molecule has 2 fully saturated rings. The van der Waals surface area contributed by atoms with Crippen LogP contribution in [0.4, 0.5) is 0 Å². The molecule has 0 bridgehead atoms. The van der Waals surface area contributed by atoms with Gasteiger partial charge in [-0.2, -0.15) is 5.26 Å². The zero-order valence-corrected chi connectivity index (χ0v) is 19.9. The maximum absolute atomic E-state index is 13.7. The van der Waals surface area contributed by atoms with Crippen LogP contribution in [-0.4, -0.2) is 34.9 Å². The highest BCUT2D eigenvalue weighted by Gasteiger charge is 2.55. The number of primary amides is 1. The average molecular weight is 439 g/mol. The second-order valence-electron chi connectivity index (χ2n) is 10.2. The van der Waals surface area contributed by atoms with Gasteiger partial charge >= 0.3 is 5.91 Å². The van der Waals surface area contributed by atoms with Gasteiger partial charge in [-0.1, -0.05) is 57.0 Å². The van der Waals surface area contributed by atoms with Gasteiger partial charge in [0.15, 0.2) is 6.04 Å². The van der Waals surface area contributed by atoms with E-state index < -0.39 is 5.41 Å². The number of unbranched alkanes of at least 4 members (excludes halogenated alkanes) is 1. The molecule has 5 heteroatoms. The van der Waals surface area contributed by atoms with Crippen molar-refractivity contribution in [3.05, 3.63) is 35.9 Å². The predicted molar refractivity (Wildman–Crippen MR) is 126 cm³/mol. The fourth-order valence-electron chi connectivity index (χ4n) is 6.42. The van der Waals surface area contributed by atoms with Crippen LogP contribution in [0.15, 0.2) is 30.3 Å². The number of quaternary nitrogens is 1. The molecule has 2 aliphatic rings. The third-order valence-corrected chi connectivity index (χ3v) is 8.27. The molecule has 5 nitrogen and oxygen atoms in total. The van der Waals surface area contributed by atoms with Crippen LogP contribution in [0.5, 0.6) is 0 Å². The third-order valence-electron chi connectivity index (χ3n) is 8.27. The Morgan fingerprint density at radius 1 is 1.09 bits per heavy atom. The molecule has 2 N–H and O–H groups in total. The van der Waals surface area contributed by atoms with Crippen LogP contribution in [0.25, 0.3) is 0 Å². The van der Waals surface area contributed by atoms with Crippen LogP contribution >= 0.6 is 0 Å². The molecular formula is C27H40N3O2+. The molecule has 1 heterocycles. The van der Waals surface area contributed by atoms with Crippen molar-refractivity contribution in [1.29, 1.82) is 5.26 Å². The number of rotatable bonds is 9. The summed E-state index contributed by atoms with van der Waals surface area (Å²) >= 11 is 0. The Bertz CT molecular complexity index is 825. The number of hydrogen-bond donors (Lipinski definition) is 1. The summed E-state index contributed by atoms with van der Waals surface area (Å²) in [5, 5.41) is 10.1. The molecule has 1 unspecified atom stereocenters. The quantitative estimate of drug-likeness (QED) is 0.435. The van der Waals surface area contributed by atoms with Crippen LogP contribution in [-0.2, 0) is 15.0 Å². The van der Waals surface area contributed by atoms with Gasteiger partial charge in [-0.05, 0) is 50.0 Å². The van der Waals surface area contributed by atoms with Gasteiger partial charge in [-0.15, -0.1) is 0 Å². The van der Waals surface area contributed by atoms with E-state index in [1.807, 2.05) is 30.3 Å². The minimum absolute atomic E-state index is 0.184. The van der Waals surface area contributed by atoms with Gasteiger partial charge < -0.3 is 5.73 Å². The lowest BCUT2D eigenvalue weighted by Crippen LogP contribution is -2.65. The van der Waals surface area contributed by atoms with E-state index in [0.29, 0.717) is 10.9 Å². The molecule has 1 saturated heterocycles. The van der Waals surface area contributed by atoms with Crippen molar-refractivity contribution in [3.8, 4) is 6.07 Å². The molecule has 32 heavy (non-hydrogen) atoms. The first-order chi connectivity index (χ1) is 15.4. The lowest BCUT2D eigenvalue weighted by Gasteiger charge is -2.44. The molecule has 1 aromatic carbocycles. The molecule has 3 rings (SSSR count). The normalized spacial score (nSPS) is 25.9. The predicted octanol–water partition coefficient (Wildman–Crippen LogP) is 4.99. The van der Waals surface area contributed by atoms with Gasteiger partial charge in [0.1, 0.15) is 0 Å². The molecule has 1 aliphatic carbocycles. The monoisotopic (exact) mass is 438 g/mol. The van der Waals surface area contributed by atoms with Gasteiger partial charge in [0.2, 0.25) is 0 Å². The highest BCUT2D eigenvalue weighted by Crippen LogP contribution is 2.40. The summed E-state index contributed by atoms with van der Waals surface area (Å²) in [4.78, 5) is 26.0. The van der Waals surface area contributed by atoms with Crippen molar-refractivity contribution >= 4 is 11.8 Å². The number of nitrogens with two attached hydrogens (primary N) is 1. The summed E-state index contributed by atoms with van der Waals surface area (Å²) in [5.74, 6) is 0.0721. The number of carbonyl (C=O) groups excluding carboxylic acids is 2. The van der Waals surface area contributed by atoms with Gasteiger partial charge in [-0.3, -0.25) is 4.79 Å². The van der Waals surface area contributed by atoms with E-state index in [2.05, 4.69) is 19.9 Å². The number of hydrogen-bond acceptors (Lipinski definition) is 3. The number of benzene rings is 1. The Hall–Kier alpha value is -2.19. The van der Waals surface area contributed by atoms with Gasteiger partial charge in [0, 0.05) is 12.8 Å². The van der Waals surface area contributed by atoms with Crippen molar-refractivity contribution in [1.82, 2.24) is 0 Å². The van der Waals surface area contributed by atoms with Crippen molar-refractivity contribution in [3.63, 3.8) is 0 Å².